The van der Waals surface area contributed by atoms with Gasteiger partial charge in [-0.25, -0.2) is 4.79 Å². The number of carbonyl (C=O) groups excluding carboxylic acids is 4. The molecule has 0 aliphatic carbocycles. The van der Waals surface area contributed by atoms with Gasteiger partial charge in [0.05, 0.1) is 30.3 Å². The summed E-state index contributed by atoms with van der Waals surface area (Å²) in [6.07, 6.45) is 0. The van der Waals surface area contributed by atoms with E-state index in [1.807, 2.05) is 0 Å². The first kappa shape index (κ1) is 24.3. The van der Waals surface area contributed by atoms with Crippen LogP contribution in [-0.2, 0) is 9.53 Å². The molecule has 10 nitrogen and oxygen atoms in total. The Morgan fingerprint density at radius 1 is 0.941 bits per heavy atom. The molecule has 11 heteroatoms. The lowest BCUT2D eigenvalue weighted by molar-refractivity contribution is -0.119. The molecule has 0 atom stereocenters. The van der Waals surface area contributed by atoms with Gasteiger partial charge in [-0.05, 0) is 35.7 Å². The predicted octanol–water partition coefficient (Wildman–Crippen LogP) is 2.91. The van der Waals surface area contributed by atoms with Gasteiger partial charge in [0.2, 0.25) is 5.91 Å². The largest absolute Gasteiger partial charge is 0.493 e. The smallest absolute Gasteiger partial charge is 0.340 e. The third kappa shape index (κ3) is 5.90. The van der Waals surface area contributed by atoms with Gasteiger partial charge in [-0.15, -0.1) is 11.3 Å². The molecular formula is C23H21N3O7S. The molecule has 0 bridgehead atoms. The number of methoxy groups -OCH3 is 2. The minimum atomic E-state index is -0.860. The first-order chi connectivity index (χ1) is 16.3. The van der Waals surface area contributed by atoms with E-state index in [4.69, 9.17) is 19.9 Å². The summed E-state index contributed by atoms with van der Waals surface area (Å²) in [5.41, 5.74) is 5.96. The Hall–Kier alpha value is -4.38. The number of primary amides is 1. The van der Waals surface area contributed by atoms with E-state index < -0.39 is 30.3 Å². The molecule has 1 aromatic heterocycles. The summed E-state index contributed by atoms with van der Waals surface area (Å²) in [6, 6.07) is 12.0. The first-order valence-electron chi connectivity index (χ1n) is 9.80. The van der Waals surface area contributed by atoms with Crippen LogP contribution in [0.15, 0.2) is 53.9 Å². The monoisotopic (exact) mass is 483 g/mol. The van der Waals surface area contributed by atoms with Crippen LogP contribution in [0.2, 0.25) is 0 Å². The summed E-state index contributed by atoms with van der Waals surface area (Å²) in [5, 5.41) is 6.95. The van der Waals surface area contributed by atoms with Crippen molar-refractivity contribution < 1.29 is 33.4 Å². The topological polar surface area (TPSA) is 146 Å². The Morgan fingerprint density at radius 2 is 1.62 bits per heavy atom. The second kappa shape index (κ2) is 11.0. The number of ether oxygens (including phenoxy) is 3. The summed E-state index contributed by atoms with van der Waals surface area (Å²) in [6.45, 7) is -0.594. The van der Waals surface area contributed by atoms with Crippen molar-refractivity contribution in [3.63, 3.8) is 0 Å². The number of rotatable bonds is 9. The number of amides is 3. The summed E-state index contributed by atoms with van der Waals surface area (Å²) < 4.78 is 15.6. The van der Waals surface area contributed by atoms with Crippen LogP contribution in [0.5, 0.6) is 11.5 Å². The number of thiophene rings is 1. The fourth-order valence-electron chi connectivity index (χ4n) is 2.87. The zero-order chi connectivity index (χ0) is 24.7. The van der Waals surface area contributed by atoms with Crippen molar-refractivity contribution >= 4 is 46.4 Å². The molecule has 2 aromatic carbocycles. The third-order valence-corrected chi connectivity index (χ3v) is 5.39. The van der Waals surface area contributed by atoms with Crippen molar-refractivity contribution in [2.24, 2.45) is 5.73 Å². The number of carbonyl (C=O) groups is 4. The molecule has 0 spiro atoms. The lowest BCUT2D eigenvalue weighted by atomic mass is 10.1. The van der Waals surface area contributed by atoms with Crippen LogP contribution in [-0.4, -0.2) is 44.5 Å². The highest BCUT2D eigenvalue weighted by molar-refractivity contribution is 7.12. The lowest BCUT2D eigenvalue weighted by Gasteiger charge is -2.15. The van der Waals surface area contributed by atoms with E-state index in [9.17, 15) is 19.2 Å². The minimum Gasteiger partial charge on any atom is -0.493 e. The number of nitrogens with two attached hydrogens (primary N) is 1. The molecule has 34 heavy (non-hydrogen) atoms. The van der Waals surface area contributed by atoms with E-state index >= 15 is 0 Å². The van der Waals surface area contributed by atoms with Crippen molar-refractivity contribution in [1.29, 1.82) is 0 Å². The Kier molecular flexibility index (Phi) is 7.83. The Bertz CT molecular complexity index is 1210. The fourth-order valence-corrected chi connectivity index (χ4v) is 3.49. The highest BCUT2D eigenvalue weighted by Crippen LogP contribution is 2.34. The van der Waals surface area contributed by atoms with Crippen molar-refractivity contribution in [3.05, 3.63) is 69.9 Å². The van der Waals surface area contributed by atoms with Crippen LogP contribution < -0.4 is 25.8 Å². The van der Waals surface area contributed by atoms with Crippen molar-refractivity contribution in [2.45, 2.75) is 0 Å². The van der Waals surface area contributed by atoms with E-state index in [2.05, 4.69) is 10.6 Å². The number of esters is 1. The highest BCUT2D eigenvalue weighted by atomic mass is 32.1. The molecule has 1 heterocycles. The quantitative estimate of drug-likeness (QED) is 0.397. The van der Waals surface area contributed by atoms with Crippen molar-refractivity contribution in [3.8, 4) is 11.5 Å². The van der Waals surface area contributed by atoms with E-state index in [0.717, 1.165) is 0 Å². The lowest BCUT2D eigenvalue weighted by Crippen LogP contribution is -2.22. The van der Waals surface area contributed by atoms with Gasteiger partial charge in [-0.1, -0.05) is 6.07 Å². The van der Waals surface area contributed by atoms with Gasteiger partial charge in [0, 0.05) is 23.4 Å². The van der Waals surface area contributed by atoms with Gasteiger partial charge in [-0.3, -0.25) is 14.4 Å². The van der Waals surface area contributed by atoms with Crippen LogP contribution in [0.25, 0.3) is 0 Å². The Balaban J connectivity index is 1.73. The van der Waals surface area contributed by atoms with Crippen molar-refractivity contribution in [2.75, 3.05) is 31.5 Å². The average Bonchev–Trinajstić information content (AvgIpc) is 3.38. The molecule has 3 aromatic rings. The summed E-state index contributed by atoms with van der Waals surface area (Å²) in [7, 11) is 2.81. The maximum Gasteiger partial charge on any atom is 0.340 e. The molecule has 0 unspecified atom stereocenters. The maximum atomic E-state index is 12.8. The minimum absolute atomic E-state index is 0.0267. The number of hydrogen-bond acceptors (Lipinski definition) is 8. The molecular weight excluding hydrogens is 462 g/mol. The standard InChI is InChI=1S/C23H21N3O7S/c1-31-17-10-15(16(11-18(17)32-2)26-22(29)19-4-3-9-34-19)23(30)33-12-20(27)25-14-7-5-13(6-8-14)21(24)28/h3-11H,12H2,1-2H3,(H2,24,28)(H,25,27)(H,26,29). The zero-order valence-corrected chi connectivity index (χ0v) is 19.1. The highest BCUT2D eigenvalue weighted by Gasteiger charge is 2.21. The number of hydrogen-bond donors (Lipinski definition) is 3. The Labute approximate surface area is 198 Å². The van der Waals surface area contributed by atoms with E-state index in [1.54, 1.807) is 17.5 Å². The molecule has 3 amide bonds. The average molecular weight is 484 g/mol. The van der Waals surface area contributed by atoms with Gasteiger partial charge in [0.1, 0.15) is 0 Å². The predicted molar refractivity (Wildman–Crippen MR) is 126 cm³/mol. The van der Waals surface area contributed by atoms with Crippen molar-refractivity contribution in [1.82, 2.24) is 0 Å². The van der Waals surface area contributed by atoms with E-state index in [1.165, 1.54) is 62.0 Å². The second-order valence-electron chi connectivity index (χ2n) is 6.75. The molecule has 0 aliphatic rings. The normalized spacial score (nSPS) is 10.2. The zero-order valence-electron chi connectivity index (χ0n) is 18.2. The molecule has 0 saturated heterocycles. The van der Waals surface area contributed by atoms with Crippen LogP contribution in [0.1, 0.15) is 30.4 Å². The molecule has 0 aliphatic heterocycles. The molecule has 0 saturated carbocycles. The third-order valence-electron chi connectivity index (χ3n) is 4.52. The molecule has 0 fully saturated rings. The van der Waals surface area contributed by atoms with Crippen LogP contribution in [0.4, 0.5) is 11.4 Å². The van der Waals surface area contributed by atoms with Gasteiger partial charge >= 0.3 is 5.97 Å². The summed E-state index contributed by atoms with van der Waals surface area (Å²) in [5.74, 6) is -1.95. The fraction of sp³-hybridized carbons (Fsp3) is 0.130. The van der Waals surface area contributed by atoms with Crippen LogP contribution in [0, 0.1) is 0 Å². The molecule has 0 radical (unpaired) electrons. The van der Waals surface area contributed by atoms with Gasteiger partial charge < -0.3 is 30.6 Å². The summed E-state index contributed by atoms with van der Waals surface area (Å²) in [4.78, 5) is 49.1. The van der Waals surface area contributed by atoms with Gasteiger partial charge in [-0.2, -0.15) is 0 Å². The number of anilines is 2. The van der Waals surface area contributed by atoms with E-state index in [-0.39, 0.29) is 28.3 Å². The molecule has 176 valence electrons. The van der Waals surface area contributed by atoms with Crippen LogP contribution in [0.3, 0.4) is 0 Å². The number of benzene rings is 2. The SMILES string of the molecule is COc1cc(NC(=O)c2cccs2)c(C(=O)OCC(=O)Nc2ccc(C(N)=O)cc2)cc1OC. The number of nitrogens with one attached hydrogen (secondary N) is 2. The second-order valence-corrected chi connectivity index (χ2v) is 7.70. The van der Waals surface area contributed by atoms with Gasteiger partial charge in [0.25, 0.3) is 11.8 Å². The van der Waals surface area contributed by atoms with E-state index in [0.29, 0.717) is 10.6 Å². The first-order valence-corrected chi connectivity index (χ1v) is 10.7. The maximum absolute atomic E-state index is 12.8. The molecule has 4 N–H and O–H groups in total. The van der Waals surface area contributed by atoms with Crippen LogP contribution >= 0.6 is 11.3 Å². The van der Waals surface area contributed by atoms with Gasteiger partial charge in [0.15, 0.2) is 18.1 Å². The molecule has 3 rings (SSSR count). The Morgan fingerprint density at radius 3 is 2.21 bits per heavy atom. The summed E-state index contributed by atoms with van der Waals surface area (Å²) >= 11 is 1.24.